The number of para-hydroxylation sites is 1. The summed E-state index contributed by atoms with van der Waals surface area (Å²) in [5, 5.41) is 2.67. The Labute approximate surface area is 229 Å². The normalized spacial score (nSPS) is 11.6. The van der Waals surface area contributed by atoms with Gasteiger partial charge in [0, 0.05) is 11.4 Å². The third-order valence-electron chi connectivity index (χ3n) is 6.15. The largest absolute Gasteiger partial charge is 0.325 e. The van der Waals surface area contributed by atoms with Crippen LogP contribution in [0.15, 0.2) is 107 Å². The number of carbonyl (C=O) groups is 1. The molecule has 0 atom stereocenters. The number of amides is 1. The Balaban J connectivity index is 1.55. The second kappa shape index (κ2) is 11.3. The van der Waals surface area contributed by atoms with Gasteiger partial charge in [-0.05, 0) is 92.6 Å². The Bertz CT molecular complexity index is 1690. The fraction of sp³-hybridized carbons (Fsp3) is 0.138. The number of aryl methyl sites for hydroxylation is 3. The lowest BCUT2D eigenvalue weighted by Gasteiger charge is -2.25. The monoisotopic (exact) mass is 563 g/mol. The van der Waals surface area contributed by atoms with Crippen molar-refractivity contribution < 1.29 is 21.6 Å². The van der Waals surface area contributed by atoms with Crippen LogP contribution in [0.3, 0.4) is 0 Å². The summed E-state index contributed by atoms with van der Waals surface area (Å²) in [6.07, 6.45) is 0. The maximum absolute atomic E-state index is 13.6. The Kier molecular flexibility index (Phi) is 8.08. The molecular formula is C29H29N3O5S2. The fourth-order valence-electron chi connectivity index (χ4n) is 3.80. The summed E-state index contributed by atoms with van der Waals surface area (Å²) in [5.41, 5.74) is 3.91. The first-order valence-corrected chi connectivity index (χ1v) is 15.0. The highest BCUT2D eigenvalue weighted by atomic mass is 32.2. The van der Waals surface area contributed by atoms with E-state index in [-0.39, 0.29) is 9.79 Å². The summed E-state index contributed by atoms with van der Waals surface area (Å²) in [6, 6.07) is 25.8. The number of hydrogen-bond donors (Lipinski definition) is 2. The molecule has 0 bridgehead atoms. The summed E-state index contributed by atoms with van der Waals surface area (Å²) in [6.45, 7) is 5.18. The fourth-order valence-corrected chi connectivity index (χ4v) is 6.27. The molecule has 0 saturated heterocycles. The maximum Gasteiger partial charge on any atom is 0.264 e. The van der Waals surface area contributed by atoms with Crippen LogP contribution in [0, 0.1) is 20.8 Å². The van der Waals surface area contributed by atoms with Crippen LogP contribution in [-0.4, -0.2) is 29.3 Å². The highest BCUT2D eigenvalue weighted by molar-refractivity contribution is 7.93. The van der Waals surface area contributed by atoms with E-state index in [1.54, 1.807) is 54.6 Å². The van der Waals surface area contributed by atoms with E-state index < -0.39 is 32.5 Å². The minimum Gasteiger partial charge on any atom is -0.325 e. The van der Waals surface area contributed by atoms with E-state index in [0.717, 1.165) is 21.0 Å². The summed E-state index contributed by atoms with van der Waals surface area (Å²) >= 11 is 0. The van der Waals surface area contributed by atoms with E-state index in [4.69, 9.17) is 0 Å². The van der Waals surface area contributed by atoms with Crippen LogP contribution in [0.25, 0.3) is 0 Å². The molecule has 8 nitrogen and oxygen atoms in total. The molecule has 1 amide bonds. The van der Waals surface area contributed by atoms with Crippen molar-refractivity contribution in [2.45, 2.75) is 30.6 Å². The third-order valence-corrected chi connectivity index (χ3v) is 9.33. The van der Waals surface area contributed by atoms with Crippen molar-refractivity contribution in [1.29, 1.82) is 0 Å². The van der Waals surface area contributed by atoms with Crippen LogP contribution < -0.4 is 14.3 Å². The highest BCUT2D eigenvalue weighted by Crippen LogP contribution is 2.26. The zero-order valence-electron chi connectivity index (χ0n) is 21.7. The molecule has 0 radical (unpaired) electrons. The van der Waals surface area contributed by atoms with Gasteiger partial charge in [-0.2, -0.15) is 0 Å². The van der Waals surface area contributed by atoms with E-state index in [1.807, 2.05) is 26.8 Å². The van der Waals surface area contributed by atoms with Gasteiger partial charge in [-0.15, -0.1) is 0 Å². The van der Waals surface area contributed by atoms with Crippen molar-refractivity contribution in [3.8, 4) is 0 Å². The van der Waals surface area contributed by atoms with Crippen LogP contribution in [0.4, 0.5) is 17.1 Å². The predicted octanol–water partition coefficient (Wildman–Crippen LogP) is 5.25. The molecule has 0 unspecified atom stereocenters. The Morgan fingerprint density at radius 3 is 1.92 bits per heavy atom. The first-order valence-electron chi connectivity index (χ1n) is 12.1. The molecule has 39 heavy (non-hydrogen) atoms. The highest BCUT2D eigenvalue weighted by Gasteiger charge is 2.27. The number of hydrogen-bond acceptors (Lipinski definition) is 5. The van der Waals surface area contributed by atoms with E-state index in [0.29, 0.717) is 17.1 Å². The van der Waals surface area contributed by atoms with Gasteiger partial charge < -0.3 is 5.32 Å². The molecule has 0 fully saturated rings. The van der Waals surface area contributed by atoms with Crippen molar-refractivity contribution in [3.63, 3.8) is 0 Å². The molecule has 2 N–H and O–H groups in total. The van der Waals surface area contributed by atoms with Crippen LogP contribution in [0.2, 0.25) is 0 Å². The third kappa shape index (κ3) is 6.65. The minimum atomic E-state index is -4.06. The first-order chi connectivity index (χ1) is 18.5. The molecule has 4 aromatic rings. The van der Waals surface area contributed by atoms with Crippen LogP contribution >= 0.6 is 0 Å². The summed E-state index contributed by atoms with van der Waals surface area (Å²) < 4.78 is 56.1. The SMILES string of the molecule is Cc1ccc(S(=O)(=O)N(CC(=O)Nc2ccc(S(=O)(=O)Nc3ccccc3)cc2)c2ccc(C)c(C)c2)cc1. The quantitative estimate of drug-likeness (QED) is 0.289. The number of benzene rings is 4. The second-order valence-electron chi connectivity index (χ2n) is 9.14. The molecule has 0 aromatic heterocycles. The van der Waals surface area contributed by atoms with Gasteiger partial charge in [0.05, 0.1) is 15.5 Å². The van der Waals surface area contributed by atoms with Gasteiger partial charge in [-0.3, -0.25) is 13.8 Å². The number of nitrogens with one attached hydrogen (secondary N) is 2. The molecule has 0 aliphatic rings. The van der Waals surface area contributed by atoms with Gasteiger partial charge in [0.25, 0.3) is 20.0 Å². The van der Waals surface area contributed by atoms with Gasteiger partial charge in [-0.1, -0.05) is 42.0 Å². The lowest BCUT2D eigenvalue weighted by atomic mass is 10.1. The maximum atomic E-state index is 13.6. The Morgan fingerprint density at radius 1 is 0.692 bits per heavy atom. The topological polar surface area (TPSA) is 113 Å². The standard InChI is InChI=1S/C29H29N3O5S2/c1-21-9-15-28(16-10-21)39(36,37)32(26-14-11-22(2)23(3)19-26)20-29(33)30-24-12-17-27(18-13-24)38(34,35)31-25-7-5-4-6-8-25/h4-19,31H,20H2,1-3H3,(H,30,33). The zero-order valence-corrected chi connectivity index (χ0v) is 23.4. The number of nitrogens with zero attached hydrogens (tertiary/aromatic N) is 1. The smallest absolute Gasteiger partial charge is 0.264 e. The first kappa shape index (κ1) is 27.9. The molecule has 0 heterocycles. The van der Waals surface area contributed by atoms with Crippen molar-refractivity contribution in [1.82, 2.24) is 0 Å². The van der Waals surface area contributed by atoms with Crippen molar-refractivity contribution in [3.05, 3.63) is 114 Å². The van der Waals surface area contributed by atoms with E-state index in [9.17, 15) is 21.6 Å². The van der Waals surface area contributed by atoms with E-state index in [2.05, 4.69) is 10.0 Å². The minimum absolute atomic E-state index is 0.0167. The molecule has 10 heteroatoms. The molecule has 0 aliphatic carbocycles. The van der Waals surface area contributed by atoms with Gasteiger partial charge >= 0.3 is 0 Å². The number of anilines is 3. The van der Waals surface area contributed by atoms with E-state index in [1.165, 1.54) is 36.4 Å². The number of carbonyl (C=O) groups excluding carboxylic acids is 1. The van der Waals surface area contributed by atoms with Crippen LogP contribution in [0.5, 0.6) is 0 Å². The van der Waals surface area contributed by atoms with Gasteiger partial charge in [-0.25, -0.2) is 16.8 Å². The molecule has 0 saturated carbocycles. The average molecular weight is 564 g/mol. The van der Waals surface area contributed by atoms with Crippen molar-refractivity contribution in [2.75, 3.05) is 20.9 Å². The Morgan fingerprint density at radius 2 is 1.31 bits per heavy atom. The number of sulfonamides is 2. The average Bonchev–Trinajstić information content (AvgIpc) is 2.90. The van der Waals surface area contributed by atoms with Gasteiger partial charge in [0.15, 0.2) is 0 Å². The summed E-state index contributed by atoms with van der Waals surface area (Å²) in [5.74, 6) is -0.582. The molecule has 4 aromatic carbocycles. The van der Waals surface area contributed by atoms with E-state index >= 15 is 0 Å². The second-order valence-corrected chi connectivity index (χ2v) is 12.7. The van der Waals surface area contributed by atoms with Crippen molar-refractivity contribution >= 4 is 43.0 Å². The Hall–Kier alpha value is -4.15. The molecule has 0 spiro atoms. The van der Waals surface area contributed by atoms with Crippen molar-refractivity contribution in [2.24, 2.45) is 0 Å². The zero-order chi connectivity index (χ0) is 28.2. The molecule has 202 valence electrons. The molecular weight excluding hydrogens is 534 g/mol. The number of rotatable bonds is 9. The summed E-state index contributed by atoms with van der Waals surface area (Å²) in [7, 11) is -7.88. The molecule has 4 rings (SSSR count). The molecule has 0 aliphatic heterocycles. The van der Waals surface area contributed by atoms with Crippen LogP contribution in [-0.2, 0) is 24.8 Å². The lowest BCUT2D eigenvalue weighted by molar-refractivity contribution is -0.114. The van der Waals surface area contributed by atoms with Gasteiger partial charge in [0.1, 0.15) is 6.54 Å². The van der Waals surface area contributed by atoms with Gasteiger partial charge in [0.2, 0.25) is 5.91 Å². The van der Waals surface area contributed by atoms with Crippen LogP contribution in [0.1, 0.15) is 16.7 Å². The predicted molar refractivity (Wildman–Crippen MR) is 154 cm³/mol. The summed E-state index contributed by atoms with van der Waals surface area (Å²) in [4.78, 5) is 13.1. The lowest BCUT2D eigenvalue weighted by Crippen LogP contribution is -2.38.